The van der Waals surface area contributed by atoms with Gasteiger partial charge >= 0.3 is 5.97 Å². The maximum atomic E-state index is 13.2. The van der Waals surface area contributed by atoms with Crippen molar-refractivity contribution in [1.29, 1.82) is 0 Å². The average molecular weight is 314 g/mol. The molecule has 0 heterocycles. The van der Waals surface area contributed by atoms with Crippen LogP contribution in [0.1, 0.15) is 15.9 Å². The second-order valence-electron chi connectivity index (χ2n) is 4.21. The molecule has 0 fully saturated rings. The van der Waals surface area contributed by atoms with E-state index in [1.807, 2.05) is 0 Å². The minimum Gasteiger partial charge on any atom is -0.478 e. The third-order valence-electron chi connectivity index (χ3n) is 2.65. The molecule has 7 heteroatoms. The topological polar surface area (TPSA) is 54.4 Å². The molecule has 110 valence electrons. The Morgan fingerprint density at radius 1 is 1.05 bits per heavy atom. The summed E-state index contributed by atoms with van der Waals surface area (Å²) in [5.41, 5.74) is -0.446. The van der Waals surface area contributed by atoms with Crippen LogP contribution in [0.3, 0.4) is 0 Å². The number of aromatic carboxylic acids is 1. The first kappa shape index (κ1) is 15.2. The largest absolute Gasteiger partial charge is 0.478 e. The predicted octanol–water partition coefficient (Wildman–Crippen LogP) is 3.11. The number of halogens is 3. The van der Waals surface area contributed by atoms with Crippen molar-refractivity contribution in [3.05, 3.63) is 65.0 Å². The SMILES string of the molecule is O=C(O)c1cc(S(=O)Cc2cc(F)cc(F)c2)ccc1F. The van der Waals surface area contributed by atoms with Gasteiger partial charge in [-0.25, -0.2) is 18.0 Å². The van der Waals surface area contributed by atoms with Gasteiger partial charge in [0.1, 0.15) is 17.5 Å². The summed E-state index contributed by atoms with van der Waals surface area (Å²) in [4.78, 5) is 10.9. The number of carboxylic acid groups (broad SMARTS) is 1. The highest BCUT2D eigenvalue weighted by Gasteiger charge is 2.14. The van der Waals surface area contributed by atoms with Gasteiger partial charge in [-0.2, -0.15) is 0 Å². The summed E-state index contributed by atoms with van der Waals surface area (Å²) < 4.78 is 51.4. The molecule has 0 saturated heterocycles. The number of benzene rings is 2. The molecule has 0 aliphatic carbocycles. The van der Waals surface area contributed by atoms with Gasteiger partial charge < -0.3 is 5.11 Å². The summed E-state index contributed by atoms with van der Waals surface area (Å²) in [6, 6.07) is 5.76. The Bertz CT molecular complexity index is 711. The van der Waals surface area contributed by atoms with E-state index in [1.54, 1.807) is 0 Å². The number of carbonyl (C=O) groups is 1. The summed E-state index contributed by atoms with van der Waals surface area (Å²) in [6.07, 6.45) is 0. The van der Waals surface area contributed by atoms with E-state index in [1.165, 1.54) is 6.07 Å². The molecular formula is C14H9F3O3S. The Hall–Kier alpha value is -2.15. The minimum atomic E-state index is -1.75. The Kier molecular flexibility index (Phi) is 4.42. The zero-order valence-electron chi connectivity index (χ0n) is 10.5. The molecule has 1 unspecified atom stereocenters. The van der Waals surface area contributed by atoms with Crippen molar-refractivity contribution in [3.63, 3.8) is 0 Å². The summed E-state index contributed by atoms with van der Waals surface area (Å²) in [6.45, 7) is 0. The fourth-order valence-electron chi connectivity index (χ4n) is 1.74. The molecule has 0 aromatic heterocycles. The molecule has 0 saturated carbocycles. The van der Waals surface area contributed by atoms with Crippen molar-refractivity contribution < 1.29 is 27.3 Å². The maximum Gasteiger partial charge on any atom is 0.338 e. The third kappa shape index (κ3) is 3.69. The lowest BCUT2D eigenvalue weighted by Crippen LogP contribution is -2.04. The Labute approximate surface area is 120 Å². The van der Waals surface area contributed by atoms with Crippen LogP contribution in [0.2, 0.25) is 0 Å². The lowest BCUT2D eigenvalue weighted by atomic mass is 10.2. The van der Waals surface area contributed by atoms with Gasteiger partial charge in [0.15, 0.2) is 0 Å². The summed E-state index contributed by atoms with van der Waals surface area (Å²) in [5.74, 6) is -4.23. The molecule has 3 nitrogen and oxygen atoms in total. The first-order chi connectivity index (χ1) is 9.86. The van der Waals surface area contributed by atoms with Gasteiger partial charge in [-0.3, -0.25) is 4.21 Å². The number of rotatable bonds is 4. The maximum absolute atomic E-state index is 13.2. The number of hydrogen-bond acceptors (Lipinski definition) is 2. The highest BCUT2D eigenvalue weighted by molar-refractivity contribution is 7.84. The minimum absolute atomic E-state index is 0.0680. The Balaban J connectivity index is 2.28. The summed E-state index contributed by atoms with van der Waals surface area (Å²) in [5, 5.41) is 8.80. The van der Waals surface area contributed by atoms with Crippen LogP contribution in [-0.2, 0) is 16.6 Å². The van der Waals surface area contributed by atoms with E-state index in [-0.39, 0.29) is 16.2 Å². The molecule has 2 rings (SSSR count). The first-order valence-electron chi connectivity index (χ1n) is 5.73. The van der Waals surface area contributed by atoms with Crippen molar-refractivity contribution in [1.82, 2.24) is 0 Å². The average Bonchev–Trinajstić information content (AvgIpc) is 2.37. The molecule has 0 amide bonds. The molecule has 0 aliphatic rings. The molecule has 1 N–H and O–H groups in total. The van der Waals surface area contributed by atoms with Gasteiger partial charge in [-0.15, -0.1) is 0 Å². The van der Waals surface area contributed by atoms with E-state index in [4.69, 9.17) is 5.11 Å². The van der Waals surface area contributed by atoms with Crippen LogP contribution < -0.4 is 0 Å². The molecule has 21 heavy (non-hydrogen) atoms. The third-order valence-corrected chi connectivity index (χ3v) is 4.03. The van der Waals surface area contributed by atoms with Crippen molar-refractivity contribution in [2.24, 2.45) is 0 Å². The molecule has 0 aliphatic heterocycles. The standard InChI is InChI=1S/C14H9F3O3S/c15-9-3-8(4-10(16)5-9)7-21(20)11-1-2-13(17)12(6-11)14(18)19/h1-6H,7H2,(H,18,19). The van der Waals surface area contributed by atoms with Crippen LogP contribution in [-0.4, -0.2) is 15.3 Å². The first-order valence-corrected chi connectivity index (χ1v) is 7.05. The number of hydrogen-bond donors (Lipinski definition) is 1. The van der Waals surface area contributed by atoms with E-state index in [0.717, 1.165) is 24.3 Å². The predicted molar refractivity (Wildman–Crippen MR) is 69.8 cm³/mol. The Morgan fingerprint density at radius 3 is 2.24 bits per heavy atom. The van der Waals surface area contributed by atoms with E-state index in [9.17, 15) is 22.2 Å². The molecule has 1 atom stereocenters. The van der Waals surface area contributed by atoms with Gasteiger partial charge in [0, 0.05) is 11.0 Å². The van der Waals surface area contributed by atoms with Crippen LogP contribution in [0.5, 0.6) is 0 Å². The molecule has 2 aromatic rings. The molecular weight excluding hydrogens is 305 g/mol. The van der Waals surface area contributed by atoms with Gasteiger partial charge in [0.2, 0.25) is 0 Å². The van der Waals surface area contributed by atoms with E-state index in [0.29, 0.717) is 6.07 Å². The van der Waals surface area contributed by atoms with Crippen molar-refractivity contribution in [2.75, 3.05) is 0 Å². The second kappa shape index (κ2) is 6.09. The van der Waals surface area contributed by atoms with E-state index >= 15 is 0 Å². The van der Waals surface area contributed by atoms with Crippen LogP contribution in [0.15, 0.2) is 41.3 Å². The Morgan fingerprint density at radius 2 is 1.67 bits per heavy atom. The van der Waals surface area contributed by atoms with Gasteiger partial charge in [-0.05, 0) is 35.9 Å². The van der Waals surface area contributed by atoms with Crippen molar-refractivity contribution >= 4 is 16.8 Å². The fourth-order valence-corrected chi connectivity index (χ4v) is 2.84. The summed E-state index contributed by atoms with van der Waals surface area (Å²) in [7, 11) is -1.75. The fraction of sp³-hybridized carbons (Fsp3) is 0.0714. The van der Waals surface area contributed by atoms with Crippen LogP contribution in [0.25, 0.3) is 0 Å². The zero-order chi connectivity index (χ0) is 15.6. The van der Waals surface area contributed by atoms with Crippen molar-refractivity contribution in [2.45, 2.75) is 10.6 Å². The lowest BCUT2D eigenvalue weighted by Gasteiger charge is -2.05. The van der Waals surface area contributed by atoms with E-state index in [2.05, 4.69) is 0 Å². The summed E-state index contributed by atoms with van der Waals surface area (Å²) >= 11 is 0. The molecule has 0 bridgehead atoms. The van der Waals surface area contributed by atoms with Crippen LogP contribution in [0.4, 0.5) is 13.2 Å². The van der Waals surface area contributed by atoms with Crippen molar-refractivity contribution in [3.8, 4) is 0 Å². The monoisotopic (exact) mass is 314 g/mol. The van der Waals surface area contributed by atoms with E-state index < -0.39 is 39.8 Å². The van der Waals surface area contributed by atoms with Gasteiger partial charge in [0.25, 0.3) is 0 Å². The zero-order valence-corrected chi connectivity index (χ0v) is 11.3. The molecule has 2 aromatic carbocycles. The van der Waals surface area contributed by atoms with Gasteiger partial charge in [0.05, 0.1) is 22.1 Å². The highest BCUT2D eigenvalue weighted by Crippen LogP contribution is 2.18. The molecule has 0 radical (unpaired) electrons. The van der Waals surface area contributed by atoms with Crippen LogP contribution >= 0.6 is 0 Å². The normalized spacial score (nSPS) is 12.1. The van der Waals surface area contributed by atoms with Gasteiger partial charge in [-0.1, -0.05) is 0 Å². The highest BCUT2D eigenvalue weighted by atomic mass is 32.2. The quantitative estimate of drug-likeness (QED) is 0.943. The number of carboxylic acids is 1. The van der Waals surface area contributed by atoms with Crippen LogP contribution in [0, 0.1) is 17.5 Å². The molecule has 0 spiro atoms. The second-order valence-corrected chi connectivity index (χ2v) is 5.67. The smallest absolute Gasteiger partial charge is 0.338 e. The lowest BCUT2D eigenvalue weighted by molar-refractivity contribution is 0.0691.